The van der Waals surface area contributed by atoms with Crippen LogP contribution in [0, 0.1) is 5.82 Å². The molecule has 1 aliphatic carbocycles. The summed E-state index contributed by atoms with van der Waals surface area (Å²) in [5.74, 6) is -0.366. The van der Waals surface area contributed by atoms with Crippen molar-refractivity contribution < 1.29 is 9.18 Å². The molecular weight excluding hydrogens is 367 g/mol. The molecule has 0 unspecified atom stereocenters. The Morgan fingerprint density at radius 3 is 2.45 bits per heavy atom. The van der Waals surface area contributed by atoms with Crippen molar-refractivity contribution in [2.45, 2.75) is 37.6 Å². The van der Waals surface area contributed by atoms with E-state index in [0.29, 0.717) is 12.2 Å². The molecule has 5 nitrogen and oxygen atoms in total. The molecule has 1 saturated carbocycles. The van der Waals surface area contributed by atoms with Crippen molar-refractivity contribution in [2.75, 3.05) is 6.54 Å². The van der Waals surface area contributed by atoms with Gasteiger partial charge in [-0.2, -0.15) is 5.10 Å². The summed E-state index contributed by atoms with van der Waals surface area (Å²) in [5.41, 5.74) is 8.82. The zero-order chi connectivity index (χ0) is 20.3. The van der Waals surface area contributed by atoms with Gasteiger partial charge >= 0.3 is 0 Å². The third-order valence-electron chi connectivity index (χ3n) is 5.64. The number of hydrogen-bond donors (Lipinski definition) is 2. The molecule has 0 radical (unpaired) electrons. The molecular formula is C23H25FN4O. The number of benzene rings is 2. The molecule has 150 valence electrons. The molecule has 1 aromatic heterocycles. The van der Waals surface area contributed by atoms with Crippen LogP contribution < -0.4 is 11.1 Å². The van der Waals surface area contributed by atoms with Gasteiger partial charge in [-0.3, -0.25) is 4.79 Å². The van der Waals surface area contributed by atoms with Crippen molar-refractivity contribution in [3.05, 3.63) is 72.2 Å². The minimum absolute atomic E-state index is 0.0617. The third kappa shape index (κ3) is 4.22. The van der Waals surface area contributed by atoms with E-state index in [1.807, 2.05) is 36.5 Å². The number of halogens is 1. The standard InChI is InChI=1S/C23H25FN4O/c24-19-10-8-17(9-11-19)22-18(15-28(27-22)20-6-2-1-3-7-20)14-21(29)26-23(16-25)12-4-5-13-23/h1-3,6-11,15H,4-5,12-14,16,25H2,(H,26,29). The molecule has 3 N–H and O–H groups in total. The monoisotopic (exact) mass is 392 g/mol. The van der Waals surface area contributed by atoms with Crippen LogP contribution in [-0.4, -0.2) is 27.8 Å². The third-order valence-corrected chi connectivity index (χ3v) is 5.64. The maximum absolute atomic E-state index is 13.4. The molecule has 0 spiro atoms. The maximum Gasteiger partial charge on any atom is 0.225 e. The molecule has 6 heteroatoms. The van der Waals surface area contributed by atoms with Gasteiger partial charge in [0.2, 0.25) is 5.91 Å². The molecule has 2 aromatic carbocycles. The van der Waals surface area contributed by atoms with Crippen LogP contribution in [0.25, 0.3) is 16.9 Å². The molecule has 0 atom stereocenters. The molecule has 3 aromatic rings. The van der Waals surface area contributed by atoms with Gasteiger partial charge in [0.25, 0.3) is 0 Å². The molecule has 1 heterocycles. The van der Waals surface area contributed by atoms with Crippen molar-refractivity contribution >= 4 is 5.91 Å². The highest BCUT2D eigenvalue weighted by Gasteiger charge is 2.34. The van der Waals surface area contributed by atoms with E-state index in [9.17, 15) is 9.18 Å². The number of nitrogens with one attached hydrogen (secondary N) is 1. The zero-order valence-electron chi connectivity index (χ0n) is 16.3. The predicted molar refractivity (Wildman–Crippen MR) is 111 cm³/mol. The van der Waals surface area contributed by atoms with Crippen LogP contribution in [0.15, 0.2) is 60.8 Å². The van der Waals surface area contributed by atoms with Gasteiger partial charge in [-0.1, -0.05) is 31.0 Å². The number of rotatable bonds is 6. The van der Waals surface area contributed by atoms with Crippen molar-refractivity contribution in [1.82, 2.24) is 15.1 Å². The van der Waals surface area contributed by atoms with Crippen LogP contribution in [0.4, 0.5) is 4.39 Å². The second-order valence-corrected chi connectivity index (χ2v) is 7.71. The summed E-state index contributed by atoms with van der Waals surface area (Å²) in [4.78, 5) is 12.9. The summed E-state index contributed by atoms with van der Waals surface area (Å²) in [7, 11) is 0. The lowest BCUT2D eigenvalue weighted by Gasteiger charge is -2.28. The summed E-state index contributed by atoms with van der Waals surface area (Å²) in [6, 6.07) is 15.9. The van der Waals surface area contributed by atoms with Crippen LogP contribution in [0.2, 0.25) is 0 Å². The Balaban J connectivity index is 1.64. The molecule has 0 aliphatic heterocycles. The van der Waals surface area contributed by atoms with E-state index >= 15 is 0 Å². The minimum Gasteiger partial charge on any atom is -0.349 e. The molecule has 4 rings (SSSR count). The summed E-state index contributed by atoms with van der Waals surface area (Å²) in [6.07, 6.45) is 6.08. The van der Waals surface area contributed by atoms with E-state index < -0.39 is 0 Å². The topological polar surface area (TPSA) is 72.9 Å². The Morgan fingerprint density at radius 1 is 1.10 bits per heavy atom. The summed E-state index contributed by atoms with van der Waals surface area (Å²) >= 11 is 0. The first-order chi connectivity index (χ1) is 14.1. The number of aromatic nitrogens is 2. The van der Waals surface area contributed by atoms with Gasteiger partial charge in [0.1, 0.15) is 5.82 Å². The van der Waals surface area contributed by atoms with E-state index in [0.717, 1.165) is 42.5 Å². The lowest BCUT2D eigenvalue weighted by Crippen LogP contribution is -2.52. The zero-order valence-corrected chi connectivity index (χ0v) is 16.3. The maximum atomic E-state index is 13.4. The molecule has 1 amide bonds. The SMILES string of the molecule is NCC1(NC(=O)Cc2cn(-c3ccccc3)nc2-c2ccc(F)cc2)CCCC1. The van der Waals surface area contributed by atoms with Crippen molar-refractivity contribution in [2.24, 2.45) is 5.73 Å². The van der Waals surface area contributed by atoms with Gasteiger partial charge in [0.05, 0.1) is 23.3 Å². The van der Waals surface area contributed by atoms with Gasteiger partial charge in [0.15, 0.2) is 0 Å². The summed E-state index contributed by atoms with van der Waals surface area (Å²) in [6.45, 7) is 0.451. The number of para-hydroxylation sites is 1. The lowest BCUT2D eigenvalue weighted by atomic mass is 9.97. The highest BCUT2D eigenvalue weighted by molar-refractivity contribution is 5.82. The average molecular weight is 392 g/mol. The molecule has 1 fully saturated rings. The van der Waals surface area contributed by atoms with Gasteiger partial charge < -0.3 is 11.1 Å². The Hall–Kier alpha value is -2.99. The first-order valence-electron chi connectivity index (χ1n) is 10.00. The van der Waals surface area contributed by atoms with Gasteiger partial charge in [0, 0.05) is 23.9 Å². The Bertz CT molecular complexity index is 976. The molecule has 29 heavy (non-hydrogen) atoms. The van der Waals surface area contributed by atoms with Crippen LogP contribution >= 0.6 is 0 Å². The van der Waals surface area contributed by atoms with E-state index in [1.165, 1.54) is 12.1 Å². The van der Waals surface area contributed by atoms with Gasteiger partial charge in [-0.05, 0) is 49.2 Å². The van der Waals surface area contributed by atoms with Crippen LogP contribution in [-0.2, 0) is 11.2 Å². The van der Waals surface area contributed by atoms with Crippen LogP contribution in [0.3, 0.4) is 0 Å². The fourth-order valence-corrected chi connectivity index (χ4v) is 4.05. The quantitative estimate of drug-likeness (QED) is 0.673. The highest BCUT2D eigenvalue weighted by Crippen LogP contribution is 2.29. The van der Waals surface area contributed by atoms with Gasteiger partial charge in [-0.25, -0.2) is 9.07 Å². The average Bonchev–Trinajstić information content (AvgIpc) is 3.37. The van der Waals surface area contributed by atoms with E-state index in [1.54, 1.807) is 16.8 Å². The second kappa shape index (κ2) is 8.17. The largest absolute Gasteiger partial charge is 0.349 e. The first kappa shape index (κ1) is 19.3. The van der Waals surface area contributed by atoms with E-state index in [-0.39, 0.29) is 23.7 Å². The Morgan fingerprint density at radius 2 is 1.79 bits per heavy atom. The number of carbonyl (C=O) groups excluding carboxylic acids is 1. The normalized spacial score (nSPS) is 15.4. The summed E-state index contributed by atoms with van der Waals surface area (Å²) in [5, 5.41) is 7.86. The number of hydrogen-bond acceptors (Lipinski definition) is 3. The molecule has 0 saturated heterocycles. The summed E-state index contributed by atoms with van der Waals surface area (Å²) < 4.78 is 15.1. The van der Waals surface area contributed by atoms with E-state index in [2.05, 4.69) is 5.32 Å². The fraction of sp³-hybridized carbons (Fsp3) is 0.304. The highest BCUT2D eigenvalue weighted by atomic mass is 19.1. The first-order valence-corrected chi connectivity index (χ1v) is 10.00. The number of amides is 1. The molecule has 0 bridgehead atoms. The Labute approximate surface area is 169 Å². The van der Waals surface area contributed by atoms with E-state index in [4.69, 9.17) is 10.8 Å². The van der Waals surface area contributed by atoms with Crippen molar-refractivity contribution in [1.29, 1.82) is 0 Å². The smallest absolute Gasteiger partial charge is 0.225 e. The fourth-order valence-electron chi connectivity index (χ4n) is 4.05. The van der Waals surface area contributed by atoms with Gasteiger partial charge in [-0.15, -0.1) is 0 Å². The predicted octanol–water partition coefficient (Wildman–Crippen LogP) is 3.61. The Kier molecular flexibility index (Phi) is 5.45. The molecule has 1 aliphatic rings. The van der Waals surface area contributed by atoms with Crippen molar-refractivity contribution in [3.8, 4) is 16.9 Å². The second-order valence-electron chi connectivity index (χ2n) is 7.71. The number of carbonyl (C=O) groups is 1. The number of nitrogens with two attached hydrogens (primary N) is 1. The van der Waals surface area contributed by atoms with Crippen LogP contribution in [0.1, 0.15) is 31.2 Å². The van der Waals surface area contributed by atoms with Crippen molar-refractivity contribution in [3.63, 3.8) is 0 Å². The minimum atomic E-state index is -0.304. The number of nitrogens with zero attached hydrogens (tertiary/aromatic N) is 2. The van der Waals surface area contributed by atoms with Crippen LogP contribution in [0.5, 0.6) is 0 Å². The lowest BCUT2D eigenvalue weighted by molar-refractivity contribution is -0.122.